The summed E-state index contributed by atoms with van der Waals surface area (Å²) in [4.78, 5) is 11.4. The van der Waals surface area contributed by atoms with Crippen LogP contribution in [0.25, 0.3) is 0 Å². The lowest BCUT2D eigenvalue weighted by Crippen LogP contribution is -2.54. The highest BCUT2D eigenvalue weighted by Crippen LogP contribution is 2.43. The van der Waals surface area contributed by atoms with Crippen LogP contribution in [0.5, 0.6) is 11.5 Å². The molecule has 2 aromatic carbocycles. The highest BCUT2D eigenvalue weighted by atomic mass is 16.7. The molecule has 0 spiro atoms. The normalized spacial score (nSPS) is 25.2. The molecular formula is C22H22N2O5. The average Bonchev–Trinajstić information content (AvgIpc) is 3.21. The largest absolute Gasteiger partial charge is 0.454 e. The Bertz CT molecular complexity index is 927. The molecule has 3 unspecified atom stereocenters. The first-order chi connectivity index (χ1) is 14.1. The number of nitriles is 1. The van der Waals surface area contributed by atoms with Gasteiger partial charge in [0, 0.05) is 19.9 Å². The smallest absolute Gasteiger partial charge is 0.304 e. The van der Waals surface area contributed by atoms with Gasteiger partial charge in [-0.15, -0.1) is 0 Å². The zero-order valence-corrected chi connectivity index (χ0v) is 16.1. The second kappa shape index (κ2) is 8.11. The summed E-state index contributed by atoms with van der Waals surface area (Å²) in [7, 11) is 0. The molecule has 2 heterocycles. The van der Waals surface area contributed by atoms with Crippen molar-refractivity contribution in [2.45, 2.75) is 44.2 Å². The van der Waals surface area contributed by atoms with Gasteiger partial charge in [-0.1, -0.05) is 36.4 Å². The molecule has 3 atom stereocenters. The fourth-order valence-corrected chi connectivity index (χ4v) is 3.71. The maximum Gasteiger partial charge on any atom is 0.304 e. The lowest BCUT2D eigenvalue weighted by Gasteiger charge is -2.42. The molecule has 0 saturated carbocycles. The summed E-state index contributed by atoms with van der Waals surface area (Å²) in [5.74, 6) is 0.845. The SMILES string of the molecule is CC(=O)OC1CCC(C#N)(NCc2ccccc2)C(c2ccc3c(c2)OCO3)O1. The molecule has 0 aromatic heterocycles. The van der Waals surface area contributed by atoms with Gasteiger partial charge in [-0.2, -0.15) is 5.26 Å². The molecule has 1 saturated heterocycles. The molecule has 150 valence electrons. The summed E-state index contributed by atoms with van der Waals surface area (Å²) in [5, 5.41) is 13.5. The summed E-state index contributed by atoms with van der Waals surface area (Å²) in [6.45, 7) is 2.02. The minimum Gasteiger partial charge on any atom is -0.454 e. The van der Waals surface area contributed by atoms with E-state index in [1.807, 2.05) is 42.5 Å². The third-order valence-corrected chi connectivity index (χ3v) is 5.16. The van der Waals surface area contributed by atoms with E-state index >= 15 is 0 Å². The molecule has 1 fully saturated rings. The van der Waals surface area contributed by atoms with Crippen molar-refractivity contribution >= 4 is 5.97 Å². The molecule has 1 N–H and O–H groups in total. The van der Waals surface area contributed by atoms with Gasteiger partial charge < -0.3 is 18.9 Å². The molecule has 2 aliphatic rings. The molecule has 0 aliphatic carbocycles. The Labute approximate surface area is 169 Å². The van der Waals surface area contributed by atoms with Crippen LogP contribution < -0.4 is 14.8 Å². The zero-order valence-electron chi connectivity index (χ0n) is 16.1. The molecule has 0 amide bonds. The van der Waals surface area contributed by atoms with Crippen molar-refractivity contribution in [3.8, 4) is 17.6 Å². The van der Waals surface area contributed by atoms with Gasteiger partial charge in [0.25, 0.3) is 0 Å². The van der Waals surface area contributed by atoms with Crippen molar-refractivity contribution in [1.29, 1.82) is 5.26 Å². The number of benzene rings is 2. The highest BCUT2D eigenvalue weighted by Gasteiger charge is 2.47. The van der Waals surface area contributed by atoms with Gasteiger partial charge in [-0.25, -0.2) is 0 Å². The van der Waals surface area contributed by atoms with E-state index in [-0.39, 0.29) is 6.79 Å². The lowest BCUT2D eigenvalue weighted by molar-refractivity contribution is -0.214. The number of fused-ring (bicyclic) bond motifs is 1. The van der Waals surface area contributed by atoms with E-state index in [0.717, 1.165) is 11.1 Å². The Morgan fingerprint density at radius 1 is 1.24 bits per heavy atom. The third kappa shape index (κ3) is 4.04. The van der Waals surface area contributed by atoms with Gasteiger partial charge >= 0.3 is 5.97 Å². The van der Waals surface area contributed by atoms with Crippen molar-refractivity contribution in [2.24, 2.45) is 0 Å². The minimum absolute atomic E-state index is 0.163. The zero-order chi connectivity index (χ0) is 20.3. The number of esters is 1. The quantitative estimate of drug-likeness (QED) is 0.779. The predicted octanol–water partition coefficient (Wildman–Crippen LogP) is 3.21. The molecule has 0 radical (unpaired) electrons. The summed E-state index contributed by atoms with van der Waals surface area (Å²) >= 11 is 0. The van der Waals surface area contributed by atoms with Crippen LogP contribution in [0.15, 0.2) is 48.5 Å². The number of nitrogens with one attached hydrogen (secondary N) is 1. The van der Waals surface area contributed by atoms with Crippen molar-refractivity contribution in [2.75, 3.05) is 6.79 Å². The first-order valence-electron chi connectivity index (χ1n) is 9.52. The topological polar surface area (TPSA) is 89.8 Å². The molecular weight excluding hydrogens is 372 g/mol. The average molecular weight is 394 g/mol. The van der Waals surface area contributed by atoms with Crippen molar-refractivity contribution < 1.29 is 23.7 Å². The molecule has 4 rings (SSSR count). The lowest BCUT2D eigenvalue weighted by atomic mass is 9.82. The fourth-order valence-electron chi connectivity index (χ4n) is 3.71. The Balaban J connectivity index is 1.64. The number of hydrogen-bond acceptors (Lipinski definition) is 7. The van der Waals surface area contributed by atoms with E-state index in [9.17, 15) is 10.1 Å². The predicted molar refractivity (Wildman–Crippen MR) is 103 cm³/mol. The Kier molecular flexibility index (Phi) is 5.38. The van der Waals surface area contributed by atoms with Crippen LogP contribution in [0, 0.1) is 11.3 Å². The first-order valence-corrected chi connectivity index (χ1v) is 9.52. The van der Waals surface area contributed by atoms with E-state index in [1.54, 1.807) is 6.07 Å². The summed E-state index contributed by atoms with van der Waals surface area (Å²) in [6.07, 6.45) is -0.463. The Hall–Kier alpha value is -3.08. The number of rotatable bonds is 5. The second-order valence-electron chi connectivity index (χ2n) is 7.13. The van der Waals surface area contributed by atoms with Gasteiger partial charge in [0.1, 0.15) is 11.6 Å². The maximum atomic E-state index is 11.4. The van der Waals surface area contributed by atoms with Crippen molar-refractivity contribution in [1.82, 2.24) is 5.32 Å². The molecule has 7 nitrogen and oxygen atoms in total. The molecule has 0 bridgehead atoms. The van der Waals surface area contributed by atoms with Gasteiger partial charge in [0.15, 0.2) is 11.5 Å². The van der Waals surface area contributed by atoms with Gasteiger partial charge in [0.05, 0.1) is 6.07 Å². The van der Waals surface area contributed by atoms with Crippen molar-refractivity contribution in [3.63, 3.8) is 0 Å². The molecule has 2 aromatic rings. The molecule has 7 heteroatoms. The van der Waals surface area contributed by atoms with E-state index in [2.05, 4.69) is 11.4 Å². The van der Waals surface area contributed by atoms with Gasteiger partial charge in [0.2, 0.25) is 13.1 Å². The van der Waals surface area contributed by atoms with E-state index < -0.39 is 23.9 Å². The Morgan fingerprint density at radius 3 is 2.79 bits per heavy atom. The summed E-state index contributed by atoms with van der Waals surface area (Å²) in [5.41, 5.74) is 0.835. The second-order valence-corrected chi connectivity index (χ2v) is 7.13. The van der Waals surface area contributed by atoms with Crippen LogP contribution in [-0.4, -0.2) is 24.6 Å². The van der Waals surface area contributed by atoms with Crippen LogP contribution in [0.2, 0.25) is 0 Å². The summed E-state index contributed by atoms with van der Waals surface area (Å²) in [6, 6.07) is 17.8. The number of hydrogen-bond donors (Lipinski definition) is 1. The van der Waals surface area contributed by atoms with Gasteiger partial charge in [-0.3, -0.25) is 10.1 Å². The van der Waals surface area contributed by atoms with Crippen LogP contribution in [0.4, 0.5) is 0 Å². The monoisotopic (exact) mass is 394 g/mol. The number of nitrogens with zero attached hydrogens (tertiary/aromatic N) is 1. The number of carbonyl (C=O) groups excluding carboxylic acids is 1. The standard InChI is InChI=1S/C22H22N2O5/c1-15(25)28-20-9-10-22(13-23,24-12-16-5-3-2-4-6-16)21(29-20)17-7-8-18-19(11-17)27-14-26-18/h2-8,11,20-21,24H,9-10,12,14H2,1H3. The van der Waals surface area contributed by atoms with Crippen LogP contribution in [-0.2, 0) is 20.8 Å². The molecule has 29 heavy (non-hydrogen) atoms. The Morgan fingerprint density at radius 2 is 2.03 bits per heavy atom. The summed E-state index contributed by atoms with van der Waals surface area (Å²) < 4.78 is 22.3. The maximum absolute atomic E-state index is 11.4. The fraction of sp³-hybridized carbons (Fsp3) is 0.364. The van der Waals surface area contributed by atoms with Crippen LogP contribution in [0.3, 0.4) is 0 Å². The highest BCUT2D eigenvalue weighted by molar-refractivity contribution is 5.66. The first kappa shape index (κ1) is 19.2. The van der Waals surface area contributed by atoms with E-state index in [0.29, 0.717) is 30.9 Å². The minimum atomic E-state index is -0.986. The number of ether oxygens (including phenoxy) is 4. The van der Waals surface area contributed by atoms with E-state index in [4.69, 9.17) is 18.9 Å². The van der Waals surface area contributed by atoms with Gasteiger partial charge in [-0.05, 0) is 29.7 Å². The van der Waals surface area contributed by atoms with Crippen molar-refractivity contribution in [3.05, 3.63) is 59.7 Å². The molecule has 2 aliphatic heterocycles. The number of carbonyl (C=O) groups is 1. The van der Waals surface area contributed by atoms with Crippen LogP contribution in [0.1, 0.15) is 37.0 Å². The van der Waals surface area contributed by atoms with E-state index in [1.165, 1.54) is 6.92 Å². The van der Waals surface area contributed by atoms with Crippen LogP contribution >= 0.6 is 0 Å². The third-order valence-electron chi connectivity index (χ3n) is 5.16.